The highest BCUT2D eigenvalue weighted by Crippen LogP contribution is 2.30. The summed E-state index contributed by atoms with van der Waals surface area (Å²) in [6.07, 6.45) is 2.47. The summed E-state index contributed by atoms with van der Waals surface area (Å²) in [6, 6.07) is 12.8. The van der Waals surface area contributed by atoms with Gasteiger partial charge in [0.25, 0.3) is 0 Å². The topological polar surface area (TPSA) is 119 Å². The standard InChI is InChI=1S/C27H25F3N6O3S/c1-17(37)33-23-11-10-20(16-32-23)22(19-6-4-12-31-15-19)8-3-9-25-35-36-26(40-25)34-24(38)14-18-5-2-7-21(13-18)39-27(28,29)30/h2,4-7,10-13,15-16,22H,3,8-9,14H2,1H3,(H,32,33,37)(H,34,36,38). The Labute approximate surface area is 231 Å². The molecule has 0 saturated carbocycles. The van der Waals surface area contributed by atoms with Gasteiger partial charge in [-0.1, -0.05) is 35.6 Å². The van der Waals surface area contributed by atoms with E-state index in [9.17, 15) is 22.8 Å². The fourth-order valence-electron chi connectivity index (χ4n) is 4.04. The van der Waals surface area contributed by atoms with E-state index in [0.717, 1.165) is 29.0 Å². The molecular formula is C27H25F3N6O3S. The fraction of sp³-hybridized carbons (Fsp3) is 0.259. The zero-order chi connectivity index (χ0) is 28.5. The van der Waals surface area contributed by atoms with Crippen molar-refractivity contribution in [2.75, 3.05) is 10.6 Å². The quantitative estimate of drug-likeness (QED) is 0.244. The molecule has 0 aliphatic carbocycles. The van der Waals surface area contributed by atoms with Crippen molar-refractivity contribution in [3.05, 3.63) is 88.8 Å². The van der Waals surface area contributed by atoms with Crippen LogP contribution < -0.4 is 15.4 Å². The zero-order valence-corrected chi connectivity index (χ0v) is 22.1. The Morgan fingerprint density at radius 3 is 2.55 bits per heavy atom. The smallest absolute Gasteiger partial charge is 0.406 e. The molecule has 1 atom stereocenters. The highest BCUT2D eigenvalue weighted by atomic mass is 32.1. The summed E-state index contributed by atoms with van der Waals surface area (Å²) in [5, 5.41) is 14.5. The number of pyridine rings is 2. The van der Waals surface area contributed by atoms with Gasteiger partial charge in [-0.3, -0.25) is 14.6 Å². The number of ether oxygens (including phenoxy) is 1. The molecule has 40 heavy (non-hydrogen) atoms. The van der Waals surface area contributed by atoms with Crippen LogP contribution in [-0.4, -0.2) is 38.3 Å². The normalized spacial score (nSPS) is 12.0. The van der Waals surface area contributed by atoms with Crippen molar-refractivity contribution in [2.24, 2.45) is 0 Å². The molecule has 0 aliphatic heterocycles. The van der Waals surface area contributed by atoms with E-state index in [1.54, 1.807) is 18.5 Å². The maximum Gasteiger partial charge on any atom is 0.573 e. The van der Waals surface area contributed by atoms with Gasteiger partial charge >= 0.3 is 6.36 Å². The van der Waals surface area contributed by atoms with Crippen LogP contribution in [0.25, 0.3) is 0 Å². The van der Waals surface area contributed by atoms with Crippen LogP contribution in [-0.2, 0) is 22.4 Å². The molecule has 0 aliphatic rings. The van der Waals surface area contributed by atoms with E-state index in [1.165, 1.54) is 42.5 Å². The van der Waals surface area contributed by atoms with Crippen LogP contribution in [0.1, 0.15) is 47.4 Å². The number of nitrogens with zero attached hydrogens (tertiary/aromatic N) is 4. The summed E-state index contributed by atoms with van der Waals surface area (Å²) < 4.78 is 41.2. The number of carbonyl (C=O) groups is 2. The number of halogens is 3. The van der Waals surface area contributed by atoms with Gasteiger partial charge in [-0.2, -0.15) is 0 Å². The number of aryl methyl sites for hydroxylation is 1. The number of aromatic nitrogens is 4. The maximum absolute atomic E-state index is 12.4. The second-order valence-electron chi connectivity index (χ2n) is 8.81. The molecule has 2 N–H and O–H groups in total. The molecule has 0 saturated heterocycles. The molecule has 9 nitrogen and oxygen atoms in total. The average Bonchev–Trinajstić information content (AvgIpc) is 3.33. The number of anilines is 2. The van der Waals surface area contributed by atoms with Crippen LogP contribution in [0.2, 0.25) is 0 Å². The van der Waals surface area contributed by atoms with Gasteiger partial charge in [0.15, 0.2) is 0 Å². The molecule has 13 heteroatoms. The Balaban J connectivity index is 1.33. The largest absolute Gasteiger partial charge is 0.573 e. The molecule has 1 aromatic carbocycles. The van der Waals surface area contributed by atoms with Gasteiger partial charge in [0.05, 0.1) is 6.42 Å². The Bertz CT molecular complexity index is 1430. The Hall–Kier alpha value is -4.39. The van der Waals surface area contributed by atoms with Gasteiger partial charge in [-0.25, -0.2) is 4.98 Å². The highest BCUT2D eigenvalue weighted by molar-refractivity contribution is 7.15. The van der Waals surface area contributed by atoms with E-state index in [-0.39, 0.29) is 24.0 Å². The predicted molar refractivity (Wildman–Crippen MR) is 143 cm³/mol. The van der Waals surface area contributed by atoms with Crippen molar-refractivity contribution in [3.63, 3.8) is 0 Å². The van der Waals surface area contributed by atoms with Gasteiger partial charge < -0.3 is 15.4 Å². The van der Waals surface area contributed by atoms with Crippen molar-refractivity contribution in [1.82, 2.24) is 20.2 Å². The van der Waals surface area contributed by atoms with Crippen LogP contribution in [0, 0.1) is 0 Å². The molecule has 1 unspecified atom stereocenters. The van der Waals surface area contributed by atoms with Crippen molar-refractivity contribution >= 4 is 34.1 Å². The summed E-state index contributed by atoms with van der Waals surface area (Å²) in [5.74, 6) is -0.510. The third-order valence-electron chi connectivity index (χ3n) is 5.67. The van der Waals surface area contributed by atoms with Gasteiger partial charge in [0.2, 0.25) is 16.9 Å². The number of alkyl halides is 3. The minimum Gasteiger partial charge on any atom is -0.406 e. The highest BCUT2D eigenvalue weighted by Gasteiger charge is 2.31. The van der Waals surface area contributed by atoms with E-state index in [1.807, 2.05) is 24.4 Å². The first-order valence-electron chi connectivity index (χ1n) is 12.2. The molecule has 0 bridgehead atoms. The first kappa shape index (κ1) is 28.6. The first-order valence-corrected chi connectivity index (χ1v) is 13.1. The zero-order valence-electron chi connectivity index (χ0n) is 21.3. The molecular weight excluding hydrogens is 545 g/mol. The van der Waals surface area contributed by atoms with Crippen LogP contribution in [0.5, 0.6) is 5.75 Å². The SMILES string of the molecule is CC(=O)Nc1ccc(C(CCCc2nnc(NC(=O)Cc3cccc(OC(F)(F)F)c3)s2)c2cccnc2)cn1. The van der Waals surface area contributed by atoms with Crippen molar-refractivity contribution < 1.29 is 27.5 Å². The predicted octanol–water partition coefficient (Wildman–Crippen LogP) is 5.52. The summed E-state index contributed by atoms with van der Waals surface area (Å²) in [5.41, 5.74) is 2.38. The van der Waals surface area contributed by atoms with Gasteiger partial charge in [0, 0.05) is 37.9 Å². The molecule has 4 aromatic rings. The lowest BCUT2D eigenvalue weighted by Crippen LogP contribution is -2.17. The number of benzene rings is 1. The lowest BCUT2D eigenvalue weighted by molar-refractivity contribution is -0.274. The third kappa shape index (κ3) is 8.83. The second-order valence-corrected chi connectivity index (χ2v) is 9.87. The molecule has 208 valence electrons. The number of carbonyl (C=O) groups excluding carboxylic acids is 2. The average molecular weight is 571 g/mol. The monoisotopic (exact) mass is 570 g/mol. The number of hydrogen-bond donors (Lipinski definition) is 2. The fourth-order valence-corrected chi connectivity index (χ4v) is 4.84. The number of amides is 2. The number of hydrogen-bond acceptors (Lipinski definition) is 8. The van der Waals surface area contributed by atoms with Crippen molar-refractivity contribution in [1.29, 1.82) is 0 Å². The van der Waals surface area contributed by atoms with Gasteiger partial charge in [0.1, 0.15) is 16.6 Å². The molecule has 2 amide bonds. The molecule has 0 spiro atoms. The Morgan fingerprint density at radius 1 is 1.02 bits per heavy atom. The summed E-state index contributed by atoms with van der Waals surface area (Å²) in [7, 11) is 0. The molecule has 3 heterocycles. The summed E-state index contributed by atoms with van der Waals surface area (Å²) >= 11 is 1.24. The molecule has 0 fully saturated rings. The van der Waals surface area contributed by atoms with E-state index in [2.05, 4.69) is 35.5 Å². The van der Waals surface area contributed by atoms with Gasteiger partial charge in [-0.15, -0.1) is 23.4 Å². The first-order chi connectivity index (χ1) is 19.1. The van der Waals surface area contributed by atoms with Crippen molar-refractivity contribution in [3.8, 4) is 5.75 Å². The van der Waals surface area contributed by atoms with Crippen molar-refractivity contribution in [2.45, 2.75) is 44.9 Å². The summed E-state index contributed by atoms with van der Waals surface area (Å²) in [4.78, 5) is 32.3. The van der Waals surface area contributed by atoms with Crippen LogP contribution in [0.3, 0.4) is 0 Å². The van der Waals surface area contributed by atoms with E-state index in [0.29, 0.717) is 22.9 Å². The van der Waals surface area contributed by atoms with E-state index in [4.69, 9.17) is 0 Å². The lowest BCUT2D eigenvalue weighted by Gasteiger charge is -2.17. The minimum absolute atomic E-state index is 0.0248. The summed E-state index contributed by atoms with van der Waals surface area (Å²) in [6.45, 7) is 1.42. The van der Waals surface area contributed by atoms with Crippen LogP contribution in [0.15, 0.2) is 67.1 Å². The van der Waals surface area contributed by atoms with E-state index < -0.39 is 12.3 Å². The molecule has 3 aromatic heterocycles. The number of rotatable bonds is 11. The Kier molecular flexibility index (Phi) is 9.38. The van der Waals surface area contributed by atoms with E-state index >= 15 is 0 Å². The molecule has 4 rings (SSSR count). The lowest BCUT2D eigenvalue weighted by atomic mass is 9.89. The maximum atomic E-state index is 12.4. The Morgan fingerprint density at radius 2 is 1.85 bits per heavy atom. The number of nitrogens with one attached hydrogen (secondary N) is 2. The minimum atomic E-state index is -4.81. The third-order valence-corrected chi connectivity index (χ3v) is 6.57. The van der Waals surface area contributed by atoms with Gasteiger partial charge in [-0.05, 0) is 53.8 Å². The van der Waals surface area contributed by atoms with Crippen LogP contribution in [0.4, 0.5) is 24.1 Å². The second kappa shape index (κ2) is 13.1. The van der Waals surface area contributed by atoms with Crippen LogP contribution >= 0.6 is 11.3 Å². The molecule has 0 radical (unpaired) electrons.